The number of nitrogens with zero attached hydrogens (tertiary/aromatic N) is 1. The first kappa shape index (κ1) is 23.4. The van der Waals surface area contributed by atoms with Crippen LogP contribution in [0.2, 0.25) is 0 Å². The van der Waals surface area contributed by atoms with Crippen molar-refractivity contribution in [1.29, 1.82) is 0 Å². The Bertz CT molecular complexity index is 829. The summed E-state index contributed by atoms with van der Waals surface area (Å²) >= 11 is 0. The van der Waals surface area contributed by atoms with Crippen LogP contribution in [0.5, 0.6) is 0 Å². The first-order valence-electron chi connectivity index (χ1n) is 10.4. The maximum absolute atomic E-state index is 12.9. The number of hydrogen-bond donors (Lipinski definition) is 2. The molecule has 0 saturated carbocycles. The number of benzene rings is 1. The average Bonchev–Trinajstić information content (AvgIpc) is 2.72. The predicted octanol–water partition coefficient (Wildman–Crippen LogP) is 1.01. The van der Waals surface area contributed by atoms with Crippen LogP contribution in [-0.4, -0.2) is 56.9 Å². The zero-order chi connectivity index (χ0) is 21.7. The van der Waals surface area contributed by atoms with Gasteiger partial charge in [-0.05, 0) is 36.5 Å². The van der Waals surface area contributed by atoms with Crippen molar-refractivity contribution in [2.75, 3.05) is 32.7 Å². The summed E-state index contributed by atoms with van der Waals surface area (Å²) in [6.45, 7) is 10.4. The second-order valence-corrected chi connectivity index (χ2v) is 9.97. The summed E-state index contributed by atoms with van der Waals surface area (Å²) in [7, 11) is -3.50. The largest absolute Gasteiger partial charge is 0.335 e. The van der Waals surface area contributed by atoms with E-state index < -0.39 is 15.6 Å². The molecule has 0 bridgehead atoms. The van der Waals surface area contributed by atoms with Gasteiger partial charge in [0.05, 0.1) is 31.1 Å². The zero-order valence-corrected chi connectivity index (χ0v) is 18.8. The zero-order valence-electron chi connectivity index (χ0n) is 18.0. The van der Waals surface area contributed by atoms with Gasteiger partial charge in [0.15, 0.2) is 6.54 Å². The fourth-order valence-corrected chi connectivity index (χ4v) is 5.04. The van der Waals surface area contributed by atoms with Gasteiger partial charge in [0.2, 0.25) is 10.0 Å². The van der Waals surface area contributed by atoms with Crippen LogP contribution >= 0.6 is 0 Å². The number of piperazine rings is 1. The van der Waals surface area contributed by atoms with Crippen molar-refractivity contribution in [2.24, 2.45) is 0 Å². The van der Waals surface area contributed by atoms with E-state index in [4.69, 9.17) is 6.42 Å². The molecule has 0 aromatic heterocycles. The molecule has 1 amide bonds. The number of rotatable bonds is 8. The third-order valence-corrected chi connectivity index (χ3v) is 7.80. The molecule has 1 heterocycles. The highest BCUT2D eigenvalue weighted by Crippen LogP contribution is 2.20. The van der Waals surface area contributed by atoms with Gasteiger partial charge in [0.1, 0.15) is 5.54 Å². The minimum atomic E-state index is -3.50. The van der Waals surface area contributed by atoms with Gasteiger partial charge < -0.3 is 10.2 Å². The predicted molar refractivity (Wildman–Crippen MR) is 115 cm³/mol. The van der Waals surface area contributed by atoms with Gasteiger partial charge in [-0.2, -0.15) is 4.31 Å². The molecule has 0 radical (unpaired) electrons. The Balaban J connectivity index is 1.94. The minimum absolute atomic E-state index is 0.0813. The Labute approximate surface area is 175 Å². The summed E-state index contributed by atoms with van der Waals surface area (Å²) in [5.74, 6) is 2.99. The summed E-state index contributed by atoms with van der Waals surface area (Å²) < 4.78 is 27.3. The number of terminal acetylenes is 1. The van der Waals surface area contributed by atoms with Gasteiger partial charge in [-0.3, -0.25) is 4.79 Å². The summed E-state index contributed by atoms with van der Waals surface area (Å²) in [5, 5.41) is 2.98. The molecule has 1 aliphatic heterocycles. The third kappa shape index (κ3) is 5.59. The van der Waals surface area contributed by atoms with Crippen LogP contribution in [0.3, 0.4) is 0 Å². The van der Waals surface area contributed by atoms with Crippen molar-refractivity contribution < 1.29 is 18.1 Å². The van der Waals surface area contributed by atoms with Crippen LogP contribution in [0.15, 0.2) is 29.2 Å². The third-order valence-electron chi connectivity index (χ3n) is 5.89. The first-order valence-corrected chi connectivity index (χ1v) is 11.8. The first-order chi connectivity index (χ1) is 13.7. The molecule has 0 aliphatic carbocycles. The van der Waals surface area contributed by atoms with Crippen molar-refractivity contribution in [2.45, 2.75) is 56.9 Å². The van der Waals surface area contributed by atoms with Crippen LogP contribution in [-0.2, 0) is 14.8 Å². The second kappa shape index (κ2) is 9.75. The summed E-state index contributed by atoms with van der Waals surface area (Å²) in [6, 6.07) is 7.13. The van der Waals surface area contributed by atoms with Gasteiger partial charge in [0.25, 0.3) is 5.91 Å². The van der Waals surface area contributed by atoms with E-state index in [9.17, 15) is 13.2 Å². The maximum atomic E-state index is 12.9. The molecule has 1 aromatic carbocycles. The van der Waals surface area contributed by atoms with E-state index in [0.717, 1.165) is 10.5 Å². The van der Waals surface area contributed by atoms with Crippen LogP contribution in [0, 0.1) is 12.3 Å². The molecule has 7 heteroatoms. The SMILES string of the molecule is C#CC(CC)(CC)NC(=O)C[NH+]1CCN(S(=O)(=O)c2ccc(C(C)C)cc2)CC1. The highest BCUT2D eigenvalue weighted by Gasteiger charge is 2.32. The van der Waals surface area contributed by atoms with Crippen molar-refractivity contribution in [3.8, 4) is 12.3 Å². The molecule has 0 atom stereocenters. The lowest BCUT2D eigenvalue weighted by atomic mass is 9.94. The van der Waals surface area contributed by atoms with E-state index in [2.05, 4.69) is 25.1 Å². The lowest BCUT2D eigenvalue weighted by Crippen LogP contribution is -3.16. The van der Waals surface area contributed by atoms with Crippen molar-refractivity contribution in [1.82, 2.24) is 9.62 Å². The van der Waals surface area contributed by atoms with E-state index in [1.165, 1.54) is 4.31 Å². The van der Waals surface area contributed by atoms with Gasteiger partial charge in [-0.1, -0.05) is 45.7 Å². The molecule has 1 aliphatic rings. The Morgan fingerprint density at radius 3 is 2.21 bits per heavy atom. The van der Waals surface area contributed by atoms with Crippen LogP contribution in [0.1, 0.15) is 52.0 Å². The Kier molecular flexibility index (Phi) is 7.87. The van der Waals surface area contributed by atoms with E-state index >= 15 is 0 Å². The molecule has 2 rings (SSSR count). The van der Waals surface area contributed by atoms with Crippen LogP contribution in [0.4, 0.5) is 0 Å². The standard InChI is InChI=1S/C22H33N3O3S/c1-6-22(7-2,8-3)23-21(26)17-24-13-15-25(16-14-24)29(27,28)20-11-9-19(10-12-20)18(4)5/h1,9-12,18H,7-8,13-17H2,2-5H3,(H,23,26)/p+1. The molecule has 1 fully saturated rings. The monoisotopic (exact) mass is 420 g/mol. The molecule has 29 heavy (non-hydrogen) atoms. The summed E-state index contributed by atoms with van der Waals surface area (Å²) in [4.78, 5) is 13.8. The average molecular weight is 421 g/mol. The van der Waals surface area contributed by atoms with E-state index in [0.29, 0.717) is 56.4 Å². The highest BCUT2D eigenvalue weighted by atomic mass is 32.2. The molecule has 0 unspecified atom stereocenters. The summed E-state index contributed by atoms with van der Waals surface area (Å²) in [6.07, 6.45) is 6.98. The fourth-order valence-electron chi connectivity index (χ4n) is 3.60. The van der Waals surface area contributed by atoms with E-state index in [1.807, 2.05) is 26.0 Å². The van der Waals surface area contributed by atoms with Crippen LogP contribution < -0.4 is 10.2 Å². The molecule has 160 valence electrons. The van der Waals surface area contributed by atoms with Crippen LogP contribution in [0.25, 0.3) is 0 Å². The lowest BCUT2D eigenvalue weighted by molar-refractivity contribution is -0.895. The Morgan fingerprint density at radius 1 is 1.21 bits per heavy atom. The fraction of sp³-hybridized carbons (Fsp3) is 0.591. The lowest BCUT2D eigenvalue weighted by Gasteiger charge is -2.32. The Morgan fingerprint density at radius 2 is 1.76 bits per heavy atom. The number of carbonyl (C=O) groups excluding carboxylic acids is 1. The summed E-state index contributed by atoms with van der Waals surface area (Å²) in [5.41, 5.74) is 0.524. The molecule has 0 spiro atoms. The van der Waals surface area contributed by atoms with Gasteiger partial charge in [0, 0.05) is 0 Å². The maximum Gasteiger partial charge on any atom is 0.276 e. The van der Waals surface area contributed by atoms with Crippen molar-refractivity contribution >= 4 is 15.9 Å². The van der Waals surface area contributed by atoms with E-state index in [1.54, 1.807) is 12.1 Å². The normalized spacial score (nSPS) is 16.6. The molecular weight excluding hydrogens is 386 g/mol. The topological polar surface area (TPSA) is 70.9 Å². The quantitative estimate of drug-likeness (QED) is 0.617. The van der Waals surface area contributed by atoms with Gasteiger partial charge in [-0.15, -0.1) is 6.42 Å². The molecule has 6 nitrogen and oxygen atoms in total. The minimum Gasteiger partial charge on any atom is -0.335 e. The Hall–Kier alpha value is -1.88. The number of quaternary nitrogens is 1. The molecule has 1 aromatic rings. The molecule has 1 saturated heterocycles. The molecular formula is C22H34N3O3S+. The number of sulfonamides is 1. The smallest absolute Gasteiger partial charge is 0.276 e. The van der Waals surface area contributed by atoms with Gasteiger partial charge in [-0.25, -0.2) is 8.42 Å². The number of hydrogen-bond acceptors (Lipinski definition) is 3. The number of amides is 1. The van der Waals surface area contributed by atoms with Gasteiger partial charge >= 0.3 is 0 Å². The van der Waals surface area contributed by atoms with Crippen molar-refractivity contribution in [3.05, 3.63) is 29.8 Å². The van der Waals surface area contributed by atoms with E-state index in [-0.39, 0.29) is 5.91 Å². The number of nitrogens with one attached hydrogen (secondary N) is 2. The highest BCUT2D eigenvalue weighted by molar-refractivity contribution is 7.89. The number of carbonyl (C=O) groups is 1. The van der Waals surface area contributed by atoms with Crippen molar-refractivity contribution in [3.63, 3.8) is 0 Å². The second-order valence-electron chi connectivity index (χ2n) is 8.04. The molecule has 2 N–H and O–H groups in total.